The lowest BCUT2D eigenvalue weighted by Crippen LogP contribution is -2.79. The monoisotopic (exact) mass is 183 g/mol. The summed E-state index contributed by atoms with van der Waals surface area (Å²) in [5.74, 6) is 0.739. The summed E-state index contributed by atoms with van der Waals surface area (Å²) in [4.78, 5) is 0. The Morgan fingerprint density at radius 3 is 3.08 bits per heavy atom. The Bertz CT molecular complexity index is 172. The summed E-state index contributed by atoms with van der Waals surface area (Å²) >= 11 is 0. The van der Waals surface area contributed by atoms with Crippen molar-refractivity contribution in [3.8, 4) is 0 Å². The fraction of sp³-hybridized carbons (Fsp3) is 0.600. The number of nitrogens with two attached hydrogens (primary N) is 2. The number of rotatable bonds is 5. The minimum absolute atomic E-state index is 0.612. The van der Waals surface area contributed by atoms with Gasteiger partial charge in [-0.05, 0) is 12.5 Å². The van der Waals surface area contributed by atoms with Crippen LogP contribution in [0.1, 0.15) is 6.42 Å². The Labute approximate surface area is 79.6 Å². The first-order valence-corrected chi connectivity index (χ1v) is 4.86. The molecule has 3 nitrogen and oxygen atoms in total. The molecule has 0 spiro atoms. The molecule has 1 aliphatic heterocycles. The molecule has 0 aromatic carbocycles. The average molecular weight is 183 g/mol. The summed E-state index contributed by atoms with van der Waals surface area (Å²) < 4.78 is 5.28. The standard InChI is InChI=1S/C10H18N2O/c11-5-2-1-3-6-12-8-10-4-7-13-9-10/h1-3,6,10,12H,4-5,7-9,11H2/p+1. The Morgan fingerprint density at radius 2 is 2.38 bits per heavy atom. The van der Waals surface area contributed by atoms with Crippen LogP contribution < -0.4 is 11.1 Å². The Kier molecular flexibility index (Phi) is 5.49. The second-order valence-electron chi connectivity index (χ2n) is 3.25. The first-order valence-electron chi connectivity index (χ1n) is 4.86. The van der Waals surface area contributed by atoms with Crippen LogP contribution in [-0.4, -0.2) is 26.3 Å². The van der Waals surface area contributed by atoms with Gasteiger partial charge in [0.05, 0.1) is 19.4 Å². The lowest BCUT2D eigenvalue weighted by Gasteiger charge is -2.01. The van der Waals surface area contributed by atoms with E-state index in [9.17, 15) is 0 Å². The first-order chi connectivity index (χ1) is 6.43. The highest BCUT2D eigenvalue weighted by atomic mass is 16.5. The molecule has 74 valence electrons. The average Bonchev–Trinajstić information content (AvgIpc) is 2.63. The van der Waals surface area contributed by atoms with E-state index in [1.165, 1.54) is 6.42 Å². The number of hydrogen-bond donors (Lipinski definition) is 2. The van der Waals surface area contributed by atoms with Gasteiger partial charge >= 0.3 is 0 Å². The van der Waals surface area contributed by atoms with Crippen LogP contribution in [-0.2, 0) is 4.74 Å². The predicted octanol–water partition coefficient (Wildman–Crippen LogP) is -0.385. The van der Waals surface area contributed by atoms with Gasteiger partial charge < -0.3 is 15.8 Å². The van der Waals surface area contributed by atoms with E-state index >= 15 is 0 Å². The zero-order chi connectivity index (χ0) is 9.36. The van der Waals surface area contributed by atoms with E-state index in [2.05, 4.69) is 11.5 Å². The molecule has 0 bridgehead atoms. The van der Waals surface area contributed by atoms with Crippen molar-refractivity contribution in [3.63, 3.8) is 0 Å². The minimum Gasteiger partial charge on any atom is -0.381 e. The molecule has 0 aromatic heterocycles. The fourth-order valence-electron chi connectivity index (χ4n) is 1.34. The van der Waals surface area contributed by atoms with Crippen LogP contribution >= 0.6 is 0 Å². The molecule has 1 rings (SSSR count). The predicted molar refractivity (Wildman–Crippen MR) is 53.1 cm³/mol. The lowest BCUT2D eigenvalue weighted by molar-refractivity contribution is -0.594. The molecule has 4 N–H and O–H groups in total. The van der Waals surface area contributed by atoms with Crippen molar-refractivity contribution in [2.45, 2.75) is 6.42 Å². The van der Waals surface area contributed by atoms with Gasteiger partial charge in [0.1, 0.15) is 0 Å². The molecule has 0 amide bonds. The van der Waals surface area contributed by atoms with Crippen LogP contribution in [0, 0.1) is 5.92 Å². The van der Waals surface area contributed by atoms with Gasteiger partial charge in [-0.15, -0.1) is 0 Å². The molecule has 1 fully saturated rings. The lowest BCUT2D eigenvalue weighted by atomic mass is 10.1. The molecule has 1 unspecified atom stereocenters. The van der Waals surface area contributed by atoms with Crippen LogP contribution in [0.2, 0.25) is 0 Å². The van der Waals surface area contributed by atoms with Gasteiger partial charge in [0.2, 0.25) is 0 Å². The van der Waals surface area contributed by atoms with Crippen molar-refractivity contribution >= 4 is 0 Å². The first kappa shape index (κ1) is 10.4. The summed E-state index contributed by atoms with van der Waals surface area (Å²) in [6.45, 7) is 3.62. The highest BCUT2D eigenvalue weighted by Gasteiger charge is 2.15. The van der Waals surface area contributed by atoms with Gasteiger partial charge in [0.15, 0.2) is 0 Å². The molecule has 0 radical (unpaired) electrons. The quantitative estimate of drug-likeness (QED) is 0.571. The molecule has 1 aliphatic rings. The molecule has 1 atom stereocenters. The number of allylic oxidation sites excluding steroid dienone is 2. The zero-order valence-electron chi connectivity index (χ0n) is 7.99. The summed E-state index contributed by atoms with van der Waals surface area (Å²) in [7, 11) is 0. The fourth-order valence-corrected chi connectivity index (χ4v) is 1.34. The summed E-state index contributed by atoms with van der Waals surface area (Å²) in [5.41, 5.74) is 5.30. The third-order valence-corrected chi connectivity index (χ3v) is 2.12. The van der Waals surface area contributed by atoms with Crippen molar-refractivity contribution in [1.82, 2.24) is 0 Å². The van der Waals surface area contributed by atoms with Crippen molar-refractivity contribution < 1.29 is 10.1 Å². The molecule has 1 saturated heterocycles. The second kappa shape index (κ2) is 6.83. The molecule has 0 saturated carbocycles. The van der Waals surface area contributed by atoms with Crippen molar-refractivity contribution in [1.29, 1.82) is 0 Å². The van der Waals surface area contributed by atoms with Crippen LogP contribution in [0.25, 0.3) is 0 Å². The Morgan fingerprint density at radius 1 is 1.46 bits per heavy atom. The van der Waals surface area contributed by atoms with E-state index in [-0.39, 0.29) is 0 Å². The van der Waals surface area contributed by atoms with E-state index in [4.69, 9.17) is 10.5 Å². The van der Waals surface area contributed by atoms with Crippen LogP contribution in [0.3, 0.4) is 0 Å². The molecule has 1 heterocycles. The maximum atomic E-state index is 5.30. The Balaban J connectivity index is 1.99. The largest absolute Gasteiger partial charge is 0.381 e. The normalized spacial score (nSPS) is 23.6. The molecule has 0 aliphatic carbocycles. The highest BCUT2D eigenvalue weighted by Crippen LogP contribution is 2.08. The maximum absolute atomic E-state index is 5.30. The maximum Gasteiger partial charge on any atom is 0.0925 e. The van der Waals surface area contributed by atoms with E-state index in [0.717, 1.165) is 25.7 Å². The van der Waals surface area contributed by atoms with Gasteiger partial charge in [0.25, 0.3) is 0 Å². The van der Waals surface area contributed by atoms with Crippen LogP contribution in [0.4, 0.5) is 0 Å². The van der Waals surface area contributed by atoms with Crippen molar-refractivity contribution in [2.24, 2.45) is 11.7 Å². The number of hydrogen-bond acceptors (Lipinski definition) is 2. The van der Waals surface area contributed by atoms with Gasteiger partial charge in [0, 0.05) is 19.1 Å². The van der Waals surface area contributed by atoms with E-state index < -0.39 is 0 Å². The smallest absolute Gasteiger partial charge is 0.0925 e. The third kappa shape index (κ3) is 4.83. The third-order valence-electron chi connectivity index (χ3n) is 2.12. The summed E-state index contributed by atoms with van der Waals surface area (Å²) in [6.07, 6.45) is 9.21. The molecule has 13 heavy (non-hydrogen) atoms. The van der Waals surface area contributed by atoms with Crippen LogP contribution in [0.5, 0.6) is 0 Å². The molecule has 3 heteroatoms. The number of quaternary nitrogens is 1. The van der Waals surface area contributed by atoms with Gasteiger partial charge in [-0.3, -0.25) is 0 Å². The van der Waals surface area contributed by atoms with E-state index in [0.29, 0.717) is 6.54 Å². The topological polar surface area (TPSA) is 51.9 Å². The van der Waals surface area contributed by atoms with Crippen LogP contribution in [0.15, 0.2) is 24.4 Å². The van der Waals surface area contributed by atoms with Gasteiger partial charge in [-0.1, -0.05) is 12.2 Å². The van der Waals surface area contributed by atoms with Crippen molar-refractivity contribution in [3.05, 3.63) is 24.4 Å². The number of ether oxygens (including phenoxy) is 1. The van der Waals surface area contributed by atoms with Crippen molar-refractivity contribution in [2.75, 3.05) is 26.3 Å². The molecular formula is C10H19N2O+. The minimum atomic E-state index is 0.612. The summed E-state index contributed by atoms with van der Waals surface area (Å²) in [6, 6.07) is 0. The molecule has 0 aromatic rings. The zero-order valence-corrected chi connectivity index (χ0v) is 7.99. The summed E-state index contributed by atoms with van der Waals surface area (Å²) in [5, 5.41) is 2.19. The van der Waals surface area contributed by atoms with E-state index in [1.54, 1.807) is 0 Å². The SMILES string of the molecule is NCC=CC=C[NH2+]CC1CCOC1. The second-order valence-corrected chi connectivity index (χ2v) is 3.25. The molecular weight excluding hydrogens is 164 g/mol. The Hall–Kier alpha value is -0.640. The van der Waals surface area contributed by atoms with Gasteiger partial charge in [-0.2, -0.15) is 0 Å². The highest BCUT2D eigenvalue weighted by molar-refractivity contribution is 4.99. The van der Waals surface area contributed by atoms with E-state index in [1.807, 2.05) is 18.2 Å². The van der Waals surface area contributed by atoms with Gasteiger partial charge in [-0.25, -0.2) is 0 Å².